The highest BCUT2D eigenvalue weighted by molar-refractivity contribution is 5.18. The number of fused-ring (bicyclic) bond motifs is 10. The molecule has 9 fully saturated rings. The fraction of sp³-hybridized carbons (Fsp3) is 0.955. The smallest absolute Gasteiger partial charge is 0.0636 e. The molecule has 3 nitrogen and oxygen atoms in total. The van der Waals surface area contributed by atoms with Crippen molar-refractivity contribution in [3.05, 3.63) is 12.2 Å². The molecule has 0 bridgehead atoms. The zero-order valence-electron chi connectivity index (χ0n) is 30.1. The van der Waals surface area contributed by atoms with Gasteiger partial charge in [0.2, 0.25) is 0 Å². The lowest BCUT2D eigenvalue weighted by Gasteiger charge is -2.64. The molecule has 47 heavy (non-hydrogen) atoms. The van der Waals surface area contributed by atoms with Crippen LogP contribution in [-0.2, 0) is 4.74 Å². The largest absolute Gasteiger partial charge is 0.374 e. The van der Waals surface area contributed by atoms with Gasteiger partial charge in [0.05, 0.1) is 18.4 Å². The van der Waals surface area contributed by atoms with E-state index in [1.165, 1.54) is 135 Å². The summed E-state index contributed by atoms with van der Waals surface area (Å²) in [6.07, 6.45) is 45.7. The van der Waals surface area contributed by atoms with Gasteiger partial charge in [0.1, 0.15) is 0 Å². The first-order valence-corrected chi connectivity index (χ1v) is 22.2. The third kappa shape index (κ3) is 5.09. The van der Waals surface area contributed by atoms with Crippen LogP contribution in [0.25, 0.3) is 0 Å². The summed E-state index contributed by atoms with van der Waals surface area (Å²) < 4.78 is 7.48. The molecule has 8 aliphatic carbocycles. The molecule has 10 rings (SSSR count). The van der Waals surface area contributed by atoms with Crippen molar-refractivity contribution in [2.24, 2.45) is 58.7 Å². The Morgan fingerprint density at radius 3 is 1.91 bits per heavy atom. The zero-order valence-corrected chi connectivity index (χ0v) is 30.1. The van der Waals surface area contributed by atoms with Crippen molar-refractivity contribution < 1.29 is 4.74 Å². The van der Waals surface area contributed by atoms with Gasteiger partial charge in [-0.1, -0.05) is 69.9 Å². The SMILES string of the molecule is C1=CC2NC(C3CCC(C4CCC5C(C4)OC4CCCCC4C54C5CCCCC5C5CCCCC54)CC3)N(C3CCCCC3)C2CC1. The lowest BCUT2D eigenvalue weighted by Crippen LogP contribution is -2.62. The molecule has 7 saturated carbocycles. The van der Waals surface area contributed by atoms with Gasteiger partial charge < -0.3 is 4.74 Å². The van der Waals surface area contributed by atoms with Crippen molar-refractivity contribution >= 4 is 0 Å². The van der Waals surface area contributed by atoms with Gasteiger partial charge in [-0.15, -0.1) is 0 Å². The van der Waals surface area contributed by atoms with Gasteiger partial charge in [0, 0.05) is 18.1 Å². The molecule has 0 aromatic carbocycles. The maximum atomic E-state index is 7.48. The van der Waals surface area contributed by atoms with Crippen molar-refractivity contribution in [1.82, 2.24) is 10.2 Å². The molecule has 262 valence electrons. The molecule has 0 aromatic rings. The number of hydrogen-bond donors (Lipinski definition) is 1. The van der Waals surface area contributed by atoms with Crippen LogP contribution in [0.15, 0.2) is 12.2 Å². The molecule has 10 aliphatic rings. The standard InChI is InChI=1S/C44H70N2O/c1-2-12-32(13-3-1)46-40-20-10-9-19-39(40)45-43(46)30-24-22-29(23-25-30)31-26-27-38-42(28-31)47-41-21-11-8-18-37(41)44(38)35-16-6-4-14-33(35)34-15-5-7-17-36(34)44/h9,19,29-43,45H,1-8,10-18,20-28H2. The summed E-state index contributed by atoms with van der Waals surface area (Å²) in [5, 5.41) is 4.26. The van der Waals surface area contributed by atoms with Gasteiger partial charge >= 0.3 is 0 Å². The first kappa shape index (κ1) is 31.4. The summed E-state index contributed by atoms with van der Waals surface area (Å²) in [4.78, 5) is 3.10. The summed E-state index contributed by atoms with van der Waals surface area (Å²) in [6, 6.07) is 2.23. The Morgan fingerprint density at radius 2 is 1.15 bits per heavy atom. The van der Waals surface area contributed by atoms with Crippen molar-refractivity contribution in [2.45, 2.75) is 203 Å². The van der Waals surface area contributed by atoms with Gasteiger partial charge in [0.15, 0.2) is 0 Å². The summed E-state index contributed by atoms with van der Waals surface area (Å²) in [5.41, 5.74) is 0.661. The number of nitrogens with zero attached hydrogens (tertiary/aromatic N) is 1. The minimum Gasteiger partial charge on any atom is -0.374 e. The van der Waals surface area contributed by atoms with E-state index in [-0.39, 0.29) is 0 Å². The lowest BCUT2D eigenvalue weighted by atomic mass is 9.46. The van der Waals surface area contributed by atoms with Gasteiger partial charge in [-0.3, -0.25) is 10.2 Å². The minimum atomic E-state index is 0.599. The van der Waals surface area contributed by atoms with Crippen LogP contribution in [0.1, 0.15) is 167 Å². The third-order valence-electron chi connectivity index (χ3n) is 18.0. The molecular weight excluding hydrogens is 572 g/mol. The van der Waals surface area contributed by atoms with E-state index >= 15 is 0 Å². The quantitative estimate of drug-likeness (QED) is 0.310. The van der Waals surface area contributed by atoms with Crippen LogP contribution >= 0.6 is 0 Å². The van der Waals surface area contributed by atoms with E-state index in [0.29, 0.717) is 29.8 Å². The van der Waals surface area contributed by atoms with E-state index in [1.807, 2.05) is 0 Å². The Hall–Kier alpha value is -0.380. The fourth-order valence-electron chi connectivity index (χ4n) is 16.6. The summed E-state index contributed by atoms with van der Waals surface area (Å²) >= 11 is 0. The van der Waals surface area contributed by atoms with Gasteiger partial charge in [-0.25, -0.2) is 0 Å². The first-order chi connectivity index (χ1) is 23.3. The third-order valence-corrected chi connectivity index (χ3v) is 18.0. The van der Waals surface area contributed by atoms with Crippen molar-refractivity contribution in [1.29, 1.82) is 0 Å². The fourth-order valence-corrected chi connectivity index (χ4v) is 16.6. The molecule has 0 amide bonds. The maximum Gasteiger partial charge on any atom is 0.0636 e. The van der Waals surface area contributed by atoms with Crippen LogP contribution in [-0.4, -0.2) is 41.4 Å². The number of hydrogen-bond acceptors (Lipinski definition) is 3. The monoisotopic (exact) mass is 643 g/mol. The average Bonchev–Trinajstić information content (AvgIpc) is 3.67. The van der Waals surface area contributed by atoms with E-state index in [2.05, 4.69) is 22.4 Å². The van der Waals surface area contributed by atoms with Gasteiger partial charge in [-0.05, 0) is 168 Å². The number of nitrogens with one attached hydrogen (secondary N) is 1. The first-order valence-electron chi connectivity index (χ1n) is 22.2. The normalized spacial score (nSPS) is 53.5. The second kappa shape index (κ2) is 13.0. The van der Waals surface area contributed by atoms with Crippen LogP contribution in [0, 0.1) is 58.7 Å². The van der Waals surface area contributed by atoms with Gasteiger partial charge in [0.25, 0.3) is 0 Å². The molecule has 1 spiro atoms. The van der Waals surface area contributed by atoms with Crippen LogP contribution in [0.2, 0.25) is 0 Å². The zero-order chi connectivity index (χ0) is 31.0. The maximum absolute atomic E-state index is 7.48. The predicted molar refractivity (Wildman–Crippen MR) is 192 cm³/mol. The van der Waals surface area contributed by atoms with E-state index in [0.717, 1.165) is 65.3 Å². The highest BCUT2D eigenvalue weighted by Crippen LogP contribution is 2.74. The summed E-state index contributed by atoms with van der Waals surface area (Å²) in [5.74, 6) is 8.87. The minimum absolute atomic E-state index is 0.599. The van der Waals surface area contributed by atoms with E-state index < -0.39 is 0 Å². The molecule has 2 saturated heterocycles. The van der Waals surface area contributed by atoms with Crippen molar-refractivity contribution in [2.75, 3.05) is 0 Å². The Bertz CT molecular complexity index is 1100. The summed E-state index contributed by atoms with van der Waals surface area (Å²) in [6.45, 7) is 0. The average molecular weight is 643 g/mol. The van der Waals surface area contributed by atoms with Crippen molar-refractivity contribution in [3.63, 3.8) is 0 Å². The second-order valence-corrected chi connectivity index (χ2v) is 19.5. The molecule has 12 atom stereocenters. The highest BCUT2D eigenvalue weighted by Gasteiger charge is 2.70. The highest BCUT2D eigenvalue weighted by atomic mass is 16.5. The summed E-state index contributed by atoms with van der Waals surface area (Å²) in [7, 11) is 0. The molecular formula is C44H70N2O. The Balaban J connectivity index is 0.860. The molecule has 0 radical (unpaired) electrons. The van der Waals surface area contributed by atoms with Crippen LogP contribution < -0.4 is 5.32 Å². The molecule has 2 aliphatic heterocycles. The lowest BCUT2D eigenvalue weighted by molar-refractivity contribution is -0.248. The molecule has 12 unspecified atom stereocenters. The molecule has 2 heterocycles. The number of allylic oxidation sites excluding steroid dienone is 1. The Morgan fingerprint density at radius 1 is 0.532 bits per heavy atom. The van der Waals surface area contributed by atoms with Crippen LogP contribution in [0.4, 0.5) is 0 Å². The number of rotatable bonds is 3. The Labute approximate surface area is 288 Å². The van der Waals surface area contributed by atoms with Crippen molar-refractivity contribution in [3.8, 4) is 0 Å². The molecule has 0 aromatic heterocycles. The molecule has 3 heteroatoms. The van der Waals surface area contributed by atoms with E-state index in [9.17, 15) is 0 Å². The predicted octanol–water partition coefficient (Wildman–Crippen LogP) is 10.4. The van der Waals surface area contributed by atoms with E-state index in [1.54, 1.807) is 32.1 Å². The second-order valence-electron chi connectivity index (χ2n) is 19.5. The number of ether oxygens (including phenoxy) is 1. The van der Waals surface area contributed by atoms with Gasteiger partial charge in [-0.2, -0.15) is 0 Å². The molecule has 1 N–H and O–H groups in total. The van der Waals surface area contributed by atoms with Crippen LogP contribution in [0.5, 0.6) is 0 Å². The Kier molecular flexibility index (Phi) is 8.67. The van der Waals surface area contributed by atoms with E-state index in [4.69, 9.17) is 4.74 Å². The van der Waals surface area contributed by atoms with Crippen LogP contribution in [0.3, 0.4) is 0 Å². The topological polar surface area (TPSA) is 24.5 Å².